The molecule has 2 aromatic rings. The third-order valence-electron chi connectivity index (χ3n) is 3.45. The van der Waals surface area contributed by atoms with Crippen LogP contribution in [0.25, 0.3) is 0 Å². The summed E-state index contributed by atoms with van der Waals surface area (Å²) in [6.45, 7) is 0. The van der Waals surface area contributed by atoms with Crippen LogP contribution < -0.4 is 10.6 Å². The Morgan fingerprint density at radius 1 is 1.19 bits per heavy atom. The molecule has 1 heterocycles. The molecule has 1 aliphatic heterocycles. The molecule has 1 aliphatic rings. The fourth-order valence-electron chi connectivity index (χ4n) is 2.28. The van der Waals surface area contributed by atoms with E-state index >= 15 is 0 Å². The Bertz CT molecular complexity index is 899. The largest absolute Gasteiger partial charge is 0.326 e. The van der Waals surface area contributed by atoms with E-state index in [1.807, 2.05) is 30.3 Å². The van der Waals surface area contributed by atoms with E-state index < -0.39 is 5.25 Å². The van der Waals surface area contributed by atoms with Gasteiger partial charge in [-0.05, 0) is 23.8 Å². The number of nitrogens with one attached hydrogen (secondary N) is 2. The van der Waals surface area contributed by atoms with E-state index in [0.717, 1.165) is 17.3 Å². The number of anilines is 1. The molecule has 0 spiro atoms. The summed E-state index contributed by atoms with van der Waals surface area (Å²) in [6, 6.07) is 14.2. The quantitative estimate of drug-likeness (QED) is 0.567. The predicted molar refractivity (Wildman–Crippen MR) is 111 cm³/mol. The van der Waals surface area contributed by atoms with Crippen molar-refractivity contribution in [2.24, 2.45) is 10.2 Å². The third kappa shape index (κ3) is 5.82. The number of rotatable bonds is 5. The smallest absolute Gasteiger partial charge is 0.240 e. The zero-order chi connectivity index (χ0) is 19.2. The fourth-order valence-corrected chi connectivity index (χ4v) is 3.73. The van der Waals surface area contributed by atoms with Crippen LogP contribution in [0.5, 0.6) is 0 Å². The summed E-state index contributed by atoms with van der Waals surface area (Å²) in [5.41, 5.74) is 1.37. The fraction of sp³-hybridized carbons (Fsp3) is 0.111. The van der Waals surface area contributed by atoms with Gasteiger partial charge >= 0.3 is 0 Å². The van der Waals surface area contributed by atoms with Gasteiger partial charge in [0.15, 0.2) is 5.17 Å². The van der Waals surface area contributed by atoms with E-state index in [0.29, 0.717) is 20.9 Å². The first-order valence-corrected chi connectivity index (χ1v) is 9.53. The van der Waals surface area contributed by atoms with Crippen LogP contribution in [0.2, 0.25) is 10.0 Å². The number of amidine groups is 1. The van der Waals surface area contributed by atoms with Crippen molar-refractivity contribution in [1.82, 2.24) is 5.32 Å². The minimum atomic E-state index is -0.578. The lowest BCUT2D eigenvalue weighted by Gasteiger charge is -2.08. The van der Waals surface area contributed by atoms with Crippen LogP contribution in [0.1, 0.15) is 12.0 Å². The average Bonchev–Trinajstić information content (AvgIpc) is 2.94. The molecule has 9 heteroatoms. The van der Waals surface area contributed by atoms with Gasteiger partial charge < -0.3 is 10.6 Å². The third-order valence-corrected chi connectivity index (χ3v) is 4.96. The van der Waals surface area contributed by atoms with E-state index in [-0.39, 0.29) is 18.2 Å². The Morgan fingerprint density at radius 2 is 1.89 bits per heavy atom. The number of hydrogen-bond donors (Lipinski definition) is 2. The Balaban J connectivity index is 1.56. The van der Waals surface area contributed by atoms with Gasteiger partial charge in [0.1, 0.15) is 5.25 Å². The van der Waals surface area contributed by atoms with Crippen LogP contribution in [0.3, 0.4) is 0 Å². The van der Waals surface area contributed by atoms with Crippen molar-refractivity contribution < 1.29 is 9.59 Å². The topological polar surface area (TPSA) is 82.9 Å². The second-order valence-corrected chi connectivity index (χ2v) is 7.63. The second-order valence-electron chi connectivity index (χ2n) is 5.57. The van der Waals surface area contributed by atoms with Gasteiger partial charge in [0.25, 0.3) is 0 Å². The Hall–Kier alpha value is -2.35. The summed E-state index contributed by atoms with van der Waals surface area (Å²) in [5.74, 6) is -0.608. The number of benzene rings is 2. The van der Waals surface area contributed by atoms with Crippen LogP contribution >= 0.6 is 35.0 Å². The molecule has 0 saturated carbocycles. The maximum absolute atomic E-state index is 12.2. The molecule has 27 heavy (non-hydrogen) atoms. The van der Waals surface area contributed by atoms with E-state index in [1.54, 1.807) is 24.4 Å². The first-order valence-electron chi connectivity index (χ1n) is 7.89. The van der Waals surface area contributed by atoms with Gasteiger partial charge in [-0.2, -0.15) is 5.10 Å². The maximum atomic E-state index is 12.2. The summed E-state index contributed by atoms with van der Waals surface area (Å²) in [6.07, 6.45) is 1.57. The number of carbonyl (C=O) groups is 2. The molecule has 0 radical (unpaired) electrons. The Labute approximate surface area is 170 Å². The predicted octanol–water partition coefficient (Wildman–Crippen LogP) is 3.94. The molecule has 0 aromatic heterocycles. The van der Waals surface area contributed by atoms with Gasteiger partial charge in [-0.25, -0.2) is 0 Å². The lowest BCUT2D eigenvalue weighted by atomic mass is 10.2. The number of nitrogens with zero attached hydrogens (tertiary/aromatic N) is 2. The molecular weight excluding hydrogens is 407 g/mol. The highest BCUT2D eigenvalue weighted by Crippen LogP contribution is 2.25. The first-order chi connectivity index (χ1) is 13.0. The van der Waals surface area contributed by atoms with Crippen molar-refractivity contribution in [3.05, 3.63) is 64.1 Å². The lowest BCUT2D eigenvalue weighted by Crippen LogP contribution is -2.28. The molecule has 1 saturated heterocycles. The van der Waals surface area contributed by atoms with Crippen molar-refractivity contribution in [2.75, 3.05) is 5.32 Å². The van der Waals surface area contributed by atoms with E-state index in [4.69, 9.17) is 23.2 Å². The number of hydrogen-bond acceptors (Lipinski definition) is 5. The van der Waals surface area contributed by atoms with Crippen LogP contribution in [-0.2, 0) is 9.59 Å². The summed E-state index contributed by atoms with van der Waals surface area (Å²) in [7, 11) is 0. The van der Waals surface area contributed by atoms with Crippen molar-refractivity contribution >= 4 is 63.8 Å². The van der Waals surface area contributed by atoms with Gasteiger partial charge in [-0.1, -0.05) is 65.3 Å². The lowest BCUT2D eigenvalue weighted by molar-refractivity contribution is -0.122. The highest BCUT2D eigenvalue weighted by atomic mass is 35.5. The zero-order valence-corrected chi connectivity index (χ0v) is 16.2. The zero-order valence-electron chi connectivity index (χ0n) is 13.9. The van der Waals surface area contributed by atoms with Gasteiger partial charge in [-0.15, -0.1) is 5.10 Å². The van der Waals surface area contributed by atoms with E-state index in [1.165, 1.54) is 0 Å². The minimum absolute atomic E-state index is 0.0119. The molecular formula is C18H14Cl2N4O2S. The van der Waals surface area contributed by atoms with Gasteiger partial charge in [0.2, 0.25) is 11.8 Å². The molecule has 0 bridgehead atoms. The number of halogens is 2. The van der Waals surface area contributed by atoms with Gasteiger partial charge in [0, 0.05) is 22.2 Å². The molecule has 3 rings (SSSR count). The summed E-state index contributed by atoms with van der Waals surface area (Å²) < 4.78 is 0. The van der Waals surface area contributed by atoms with Crippen molar-refractivity contribution in [1.29, 1.82) is 0 Å². The van der Waals surface area contributed by atoms with Crippen LogP contribution in [0.15, 0.2) is 58.7 Å². The molecule has 1 atom stereocenters. The summed E-state index contributed by atoms with van der Waals surface area (Å²) >= 11 is 13.0. The summed E-state index contributed by atoms with van der Waals surface area (Å²) in [4.78, 5) is 24.2. The maximum Gasteiger partial charge on any atom is 0.240 e. The number of carbonyl (C=O) groups excluding carboxylic acids is 2. The summed E-state index contributed by atoms with van der Waals surface area (Å²) in [5, 5.41) is 13.8. The highest BCUT2D eigenvalue weighted by molar-refractivity contribution is 8.15. The van der Waals surface area contributed by atoms with Crippen LogP contribution in [0, 0.1) is 0 Å². The molecule has 6 nitrogen and oxygen atoms in total. The van der Waals surface area contributed by atoms with Crippen LogP contribution in [-0.4, -0.2) is 28.4 Å². The molecule has 0 aliphatic carbocycles. The number of amides is 2. The Morgan fingerprint density at radius 3 is 2.59 bits per heavy atom. The molecule has 2 amide bonds. The molecule has 0 unspecified atom stereocenters. The highest BCUT2D eigenvalue weighted by Gasteiger charge is 2.32. The van der Waals surface area contributed by atoms with Crippen molar-refractivity contribution in [2.45, 2.75) is 11.7 Å². The van der Waals surface area contributed by atoms with Gasteiger partial charge in [0.05, 0.1) is 6.21 Å². The molecule has 1 fully saturated rings. The van der Waals surface area contributed by atoms with Crippen molar-refractivity contribution in [3.63, 3.8) is 0 Å². The Kier molecular flexibility index (Phi) is 6.49. The standard InChI is InChI=1S/C18H14Cl2N4O2S/c19-12-6-13(20)8-14(7-12)22-16(25)9-15-17(26)23-18(27-15)24-21-10-11-4-2-1-3-5-11/h1-8,10,15H,9H2,(H,22,25)(H,23,24,26)/b21-10-/t15-/m1/s1. The van der Waals surface area contributed by atoms with E-state index in [9.17, 15) is 9.59 Å². The van der Waals surface area contributed by atoms with Crippen molar-refractivity contribution in [3.8, 4) is 0 Å². The molecule has 138 valence electrons. The minimum Gasteiger partial charge on any atom is -0.326 e. The SMILES string of the molecule is O=C(C[C@H]1S/C(=N/N=C\c2ccccc2)NC1=O)Nc1cc(Cl)cc(Cl)c1. The monoisotopic (exact) mass is 420 g/mol. The van der Waals surface area contributed by atoms with Gasteiger partial charge in [-0.3, -0.25) is 9.59 Å². The average molecular weight is 421 g/mol. The molecule has 2 N–H and O–H groups in total. The number of thioether (sulfide) groups is 1. The van der Waals surface area contributed by atoms with Crippen LogP contribution in [0.4, 0.5) is 5.69 Å². The normalized spacial score (nSPS) is 18.1. The van der Waals surface area contributed by atoms with E-state index in [2.05, 4.69) is 20.8 Å². The first kappa shape index (κ1) is 19.4. The molecule has 2 aromatic carbocycles. The second kappa shape index (κ2) is 9.03.